The Labute approximate surface area is 129 Å². The number of hydrogen-bond acceptors (Lipinski definition) is 4. The first-order chi connectivity index (χ1) is 9.94. The van der Waals surface area contributed by atoms with E-state index in [1.807, 2.05) is 6.07 Å². The Kier molecular flexibility index (Phi) is 6.65. The van der Waals surface area contributed by atoms with Gasteiger partial charge in [-0.2, -0.15) is 0 Å². The maximum absolute atomic E-state index is 5.91. The van der Waals surface area contributed by atoms with Gasteiger partial charge in [0.15, 0.2) is 0 Å². The van der Waals surface area contributed by atoms with E-state index in [1.165, 1.54) is 11.1 Å². The van der Waals surface area contributed by atoms with E-state index in [9.17, 15) is 0 Å². The number of ether oxygens (including phenoxy) is 1. The molecule has 0 aliphatic rings. The van der Waals surface area contributed by atoms with Crippen LogP contribution in [-0.2, 0) is 6.42 Å². The Morgan fingerprint density at radius 3 is 2.33 bits per heavy atom. The lowest BCUT2D eigenvalue weighted by Crippen LogP contribution is -2.61. The zero-order chi connectivity index (χ0) is 16.0. The fraction of sp³-hybridized carbons (Fsp3) is 0.647. The second-order valence-corrected chi connectivity index (χ2v) is 5.94. The fourth-order valence-corrected chi connectivity index (χ4v) is 3.38. The molecular weight excluding hydrogens is 262 g/mol. The predicted octanol–water partition coefficient (Wildman–Crippen LogP) is 2.50. The molecule has 0 bridgehead atoms. The molecule has 21 heavy (non-hydrogen) atoms. The molecule has 1 aromatic rings. The summed E-state index contributed by atoms with van der Waals surface area (Å²) in [5, 5.41) is 0. The molecule has 4 heteroatoms. The molecule has 4 nitrogen and oxygen atoms in total. The van der Waals surface area contributed by atoms with E-state index in [0.717, 1.165) is 25.0 Å². The maximum atomic E-state index is 5.91. The largest absolute Gasteiger partial charge is 0.496 e. The molecule has 0 radical (unpaired) electrons. The van der Waals surface area contributed by atoms with Gasteiger partial charge in [0.25, 0.3) is 0 Å². The molecule has 0 spiro atoms. The van der Waals surface area contributed by atoms with E-state index in [0.29, 0.717) is 0 Å². The summed E-state index contributed by atoms with van der Waals surface area (Å²) in [6.45, 7) is 6.55. The van der Waals surface area contributed by atoms with Crippen molar-refractivity contribution in [2.45, 2.75) is 51.6 Å². The number of aryl methyl sites for hydroxylation is 1. The van der Waals surface area contributed by atoms with Crippen LogP contribution >= 0.6 is 0 Å². The van der Waals surface area contributed by atoms with Gasteiger partial charge in [-0.3, -0.25) is 11.3 Å². The summed E-state index contributed by atoms with van der Waals surface area (Å²) in [7, 11) is 5.98. The molecule has 0 aliphatic heterocycles. The Morgan fingerprint density at radius 2 is 1.90 bits per heavy atom. The molecule has 1 atom stereocenters. The van der Waals surface area contributed by atoms with E-state index in [1.54, 1.807) is 7.11 Å². The molecule has 120 valence electrons. The van der Waals surface area contributed by atoms with Crippen molar-refractivity contribution in [2.75, 3.05) is 21.2 Å². The second kappa shape index (κ2) is 7.78. The van der Waals surface area contributed by atoms with E-state index in [2.05, 4.69) is 57.3 Å². The zero-order valence-electron chi connectivity index (χ0n) is 14.4. The minimum atomic E-state index is 0.0313. The second-order valence-electron chi connectivity index (χ2n) is 5.94. The molecule has 0 aliphatic carbocycles. The topological polar surface area (TPSA) is 50.5 Å². The van der Waals surface area contributed by atoms with Crippen molar-refractivity contribution < 1.29 is 4.74 Å². The summed E-state index contributed by atoms with van der Waals surface area (Å²) in [6, 6.07) is 6.47. The Hall–Kier alpha value is -1.10. The number of nitrogens with one attached hydrogen (secondary N) is 1. The third-order valence-corrected chi connectivity index (χ3v) is 4.82. The van der Waals surface area contributed by atoms with E-state index in [-0.39, 0.29) is 11.6 Å². The van der Waals surface area contributed by atoms with Crippen LogP contribution < -0.4 is 16.0 Å². The monoisotopic (exact) mass is 293 g/mol. The van der Waals surface area contributed by atoms with Gasteiger partial charge in [-0.05, 0) is 51.9 Å². The summed E-state index contributed by atoms with van der Waals surface area (Å²) in [4.78, 5) is 2.29. The summed E-state index contributed by atoms with van der Waals surface area (Å²) in [5.41, 5.74) is 5.52. The van der Waals surface area contributed by atoms with Crippen LogP contribution in [0.2, 0.25) is 0 Å². The minimum absolute atomic E-state index is 0.0313. The standard InChI is InChI=1S/C17H31N3O/c1-7-17(8-2,20(4)5)16(19-18)12-14-11-13(3)9-10-15(14)21-6/h9-11,16,19H,7-8,12,18H2,1-6H3. The summed E-state index contributed by atoms with van der Waals surface area (Å²) in [5.74, 6) is 6.84. The highest BCUT2D eigenvalue weighted by molar-refractivity contribution is 5.37. The fourth-order valence-electron chi connectivity index (χ4n) is 3.38. The molecule has 1 rings (SSSR count). The first-order valence-electron chi connectivity index (χ1n) is 7.72. The number of hydrazine groups is 1. The van der Waals surface area contributed by atoms with Gasteiger partial charge in [0.2, 0.25) is 0 Å². The highest BCUT2D eigenvalue weighted by Crippen LogP contribution is 2.30. The average molecular weight is 293 g/mol. The third kappa shape index (κ3) is 3.76. The summed E-state index contributed by atoms with van der Waals surface area (Å²) >= 11 is 0. The van der Waals surface area contributed by atoms with Gasteiger partial charge in [0.05, 0.1) is 7.11 Å². The van der Waals surface area contributed by atoms with Crippen LogP contribution in [0.1, 0.15) is 37.8 Å². The lowest BCUT2D eigenvalue weighted by atomic mass is 9.80. The minimum Gasteiger partial charge on any atom is -0.496 e. The number of methoxy groups -OCH3 is 1. The van der Waals surface area contributed by atoms with Crippen molar-refractivity contribution in [3.63, 3.8) is 0 Å². The van der Waals surface area contributed by atoms with Crippen molar-refractivity contribution >= 4 is 0 Å². The molecule has 0 heterocycles. The van der Waals surface area contributed by atoms with Crippen LogP contribution in [-0.4, -0.2) is 37.7 Å². The maximum Gasteiger partial charge on any atom is 0.122 e. The van der Waals surface area contributed by atoms with E-state index in [4.69, 9.17) is 10.6 Å². The Morgan fingerprint density at radius 1 is 1.29 bits per heavy atom. The van der Waals surface area contributed by atoms with Crippen LogP contribution in [0.5, 0.6) is 5.75 Å². The Balaban J connectivity index is 3.14. The molecule has 0 saturated carbocycles. The first-order valence-corrected chi connectivity index (χ1v) is 7.72. The molecule has 0 amide bonds. The zero-order valence-corrected chi connectivity index (χ0v) is 14.4. The van der Waals surface area contributed by atoms with Crippen LogP contribution in [0.3, 0.4) is 0 Å². The van der Waals surface area contributed by atoms with E-state index >= 15 is 0 Å². The highest BCUT2D eigenvalue weighted by atomic mass is 16.5. The lowest BCUT2D eigenvalue weighted by Gasteiger charge is -2.45. The number of rotatable bonds is 8. The summed E-state index contributed by atoms with van der Waals surface area (Å²) in [6.07, 6.45) is 2.93. The van der Waals surface area contributed by atoms with Gasteiger partial charge in [0, 0.05) is 11.6 Å². The molecule has 1 unspecified atom stereocenters. The molecule has 0 saturated heterocycles. The molecule has 0 fully saturated rings. The molecule has 0 aromatic heterocycles. The normalized spacial score (nSPS) is 13.5. The van der Waals surface area contributed by atoms with Gasteiger partial charge < -0.3 is 9.64 Å². The molecule has 3 N–H and O–H groups in total. The van der Waals surface area contributed by atoms with Crippen LogP contribution in [0.15, 0.2) is 18.2 Å². The van der Waals surface area contributed by atoms with Gasteiger partial charge in [-0.15, -0.1) is 0 Å². The quantitative estimate of drug-likeness (QED) is 0.571. The number of nitrogens with two attached hydrogens (primary N) is 1. The number of nitrogens with zero attached hydrogens (tertiary/aromatic N) is 1. The SMILES string of the molecule is CCC(CC)(C(Cc1cc(C)ccc1OC)NN)N(C)C. The smallest absolute Gasteiger partial charge is 0.122 e. The van der Waals surface area contributed by atoms with Crippen LogP contribution in [0.4, 0.5) is 0 Å². The van der Waals surface area contributed by atoms with Gasteiger partial charge in [0.1, 0.15) is 5.75 Å². The van der Waals surface area contributed by atoms with Crippen LogP contribution in [0, 0.1) is 6.92 Å². The lowest BCUT2D eigenvalue weighted by molar-refractivity contribution is 0.0879. The van der Waals surface area contributed by atoms with Crippen molar-refractivity contribution in [1.82, 2.24) is 10.3 Å². The van der Waals surface area contributed by atoms with Crippen molar-refractivity contribution in [2.24, 2.45) is 5.84 Å². The van der Waals surface area contributed by atoms with Crippen molar-refractivity contribution in [3.8, 4) is 5.75 Å². The number of hydrogen-bond donors (Lipinski definition) is 2. The third-order valence-electron chi connectivity index (χ3n) is 4.82. The van der Waals surface area contributed by atoms with Gasteiger partial charge in [-0.1, -0.05) is 31.5 Å². The molecular formula is C17H31N3O. The predicted molar refractivity (Wildman–Crippen MR) is 89.5 cm³/mol. The van der Waals surface area contributed by atoms with Gasteiger partial charge in [-0.25, -0.2) is 0 Å². The Bertz CT molecular complexity index is 442. The first kappa shape index (κ1) is 18.0. The number of likely N-dealkylation sites (N-methyl/N-ethyl adjacent to an activating group) is 1. The van der Waals surface area contributed by atoms with E-state index < -0.39 is 0 Å². The van der Waals surface area contributed by atoms with Crippen molar-refractivity contribution in [1.29, 1.82) is 0 Å². The number of benzene rings is 1. The van der Waals surface area contributed by atoms with Gasteiger partial charge >= 0.3 is 0 Å². The van der Waals surface area contributed by atoms with Crippen LogP contribution in [0.25, 0.3) is 0 Å². The van der Waals surface area contributed by atoms with Crippen molar-refractivity contribution in [3.05, 3.63) is 29.3 Å². The summed E-state index contributed by atoms with van der Waals surface area (Å²) < 4.78 is 5.50. The molecule has 1 aromatic carbocycles. The average Bonchev–Trinajstić information content (AvgIpc) is 2.47. The highest BCUT2D eigenvalue weighted by Gasteiger charge is 2.37.